The third kappa shape index (κ3) is 2.05. The topological polar surface area (TPSA) is 32.3 Å². The van der Waals surface area contributed by atoms with Gasteiger partial charge in [0.15, 0.2) is 0 Å². The number of hydrogen-bond donors (Lipinski definition) is 2. The van der Waals surface area contributed by atoms with E-state index in [4.69, 9.17) is 11.6 Å². The molecule has 2 atom stereocenters. The molecule has 2 rings (SSSR count). The van der Waals surface area contributed by atoms with Gasteiger partial charge in [-0.3, -0.25) is 0 Å². The first-order valence-electron chi connectivity index (χ1n) is 4.38. The van der Waals surface area contributed by atoms with E-state index in [1.54, 1.807) is 11.3 Å². The van der Waals surface area contributed by atoms with Gasteiger partial charge in [-0.05, 0) is 17.9 Å². The summed E-state index contributed by atoms with van der Waals surface area (Å²) in [6, 6.07) is 1.91. The van der Waals surface area contributed by atoms with Crippen molar-refractivity contribution in [1.82, 2.24) is 5.32 Å². The van der Waals surface area contributed by atoms with Crippen LogP contribution in [0.25, 0.3) is 0 Å². The first-order valence-corrected chi connectivity index (χ1v) is 5.64. The quantitative estimate of drug-likeness (QED) is 0.788. The number of halogens is 1. The number of hydrogen-bond acceptors (Lipinski definition) is 3. The lowest BCUT2D eigenvalue weighted by molar-refractivity contribution is 0.148. The van der Waals surface area contributed by atoms with Crippen LogP contribution >= 0.6 is 22.9 Å². The van der Waals surface area contributed by atoms with Crippen molar-refractivity contribution >= 4 is 22.9 Å². The van der Waals surface area contributed by atoms with Crippen LogP contribution in [-0.2, 0) is 6.42 Å². The Kier molecular flexibility index (Phi) is 2.89. The maximum absolute atomic E-state index is 9.58. The second-order valence-corrected chi connectivity index (χ2v) is 4.79. The van der Waals surface area contributed by atoms with Crippen molar-refractivity contribution in [3.05, 3.63) is 21.3 Å². The normalized spacial score (nSPS) is 28.2. The molecule has 4 heteroatoms. The van der Waals surface area contributed by atoms with Crippen LogP contribution in [0.5, 0.6) is 0 Å². The highest BCUT2D eigenvalue weighted by molar-refractivity contribution is 7.10. The van der Waals surface area contributed by atoms with E-state index in [9.17, 15) is 5.11 Å². The Labute approximate surface area is 86.5 Å². The summed E-state index contributed by atoms with van der Waals surface area (Å²) < 4.78 is 0. The highest BCUT2D eigenvalue weighted by atomic mass is 35.5. The number of aliphatic hydroxyl groups excluding tert-OH is 1. The summed E-state index contributed by atoms with van der Waals surface area (Å²) in [5.74, 6) is 0.330. The van der Waals surface area contributed by atoms with Crippen molar-refractivity contribution in [2.24, 2.45) is 5.92 Å². The zero-order chi connectivity index (χ0) is 9.26. The predicted molar refractivity (Wildman–Crippen MR) is 55.4 cm³/mol. The summed E-state index contributed by atoms with van der Waals surface area (Å²) >= 11 is 7.64. The SMILES string of the molecule is O[C@@H]1CNC[C@H]1Cc1sccc1Cl. The van der Waals surface area contributed by atoms with Crippen molar-refractivity contribution < 1.29 is 5.11 Å². The van der Waals surface area contributed by atoms with Crippen molar-refractivity contribution in [2.75, 3.05) is 13.1 Å². The van der Waals surface area contributed by atoms with E-state index < -0.39 is 0 Å². The Hall–Kier alpha value is -0.0900. The maximum Gasteiger partial charge on any atom is 0.0708 e. The first-order chi connectivity index (χ1) is 6.27. The molecular weight excluding hydrogens is 206 g/mol. The lowest BCUT2D eigenvalue weighted by atomic mass is 10.0. The van der Waals surface area contributed by atoms with Crippen LogP contribution in [0.15, 0.2) is 11.4 Å². The minimum Gasteiger partial charge on any atom is -0.391 e. The van der Waals surface area contributed by atoms with Gasteiger partial charge in [0.25, 0.3) is 0 Å². The van der Waals surface area contributed by atoms with Gasteiger partial charge in [0, 0.05) is 23.9 Å². The average Bonchev–Trinajstić information content (AvgIpc) is 2.65. The third-order valence-electron chi connectivity index (χ3n) is 2.44. The molecule has 1 fully saturated rings. The molecule has 72 valence electrons. The molecule has 0 aliphatic carbocycles. The second-order valence-electron chi connectivity index (χ2n) is 3.38. The molecule has 2 nitrogen and oxygen atoms in total. The van der Waals surface area contributed by atoms with Crippen LogP contribution < -0.4 is 5.32 Å². The number of thiophene rings is 1. The molecule has 2 N–H and O–H groups in total. The largest absolute Gasteiger partial charge is 0.391 e. The minimum absolute atomic E-state index is 0.210. The molecule has 0 spiro atoms. The van der Waals surface area contributed by atoms with Crippen molar-refractivity contribution in [1.29, 1.82) is 0 Å². The summed E-state index contributed by atoms with van der Waals surface area (Å²) in [6.45, 7) is 1.61. The Balaban J connectivity index is 2.01. The first kappa shape index (κ1) is 9.46. The summed E-state index contributed by atoms with van der Waals surface area (Å²) in [7, 11) is 0. The van der Waals surface area contributed by atoms with Crippen LogP contribution in [0.4, 0.5) is 0 Å². The minimum atomic E-state index is -0.210. The fraction of sp³-hybridized carbons (Fsp3) is 0.556. The van der Waals surface area contributed by atoms with Crippen LogP contribution in [0.2, 0.25) is 5.02 Å². The number of nitrogens with one attached hydrogen (secondary N) is 1. The van der Waals surface area contributed by atoms with E-state index in [1.807, 2.05) is 11.4 Å². The van der Waals surface area contributed by atoms with Gasteiger partial charge in [0.05, 0.1) is 11.1 Å². The average molecular weight is 218 g/mol. The van der Waals surface area contributed by atoms with Gasteiger partial charge in [-0.2, -0.15) is 0 Å². The summed E-state index contributed by atoms with van der Waals surface area (Å²) in [6.07, 6.45) is 0.683. The van der Waals surface area contributed by atoms with Crippen molar-refractivity contribution in [3.63, 3.8) is 0 Å². The fourth-order valence-electron chi connectivity index (χ4n) is 1.64. The molecule has 1 aromatic rings. The van der Waals surface area contributed by atoms with E-state index >= 15 is 0 Å². The number of β-amino-alcohol motifs (C(OH)–C–C–N with tert-alkyl or cyclic N) is 1. The Morgan fingerprint density at radius 3 is 3.00 bits per heavy atom. The molecule has 2 heterocycles. The summed E-state index contributed by atoms with van der Waals surface area (Å²) in [5, 5.41) is 15.6. The molecule has 0 bridgehead atoms. The lowest BCUT2D eigenvalue weighted by Crippen LogP contribution is -2.19. The highest BCUT2D eigenvalue weighted by Gasteiger charge is 2.25. The van der Waals surface area contributed by atoms with Crippen LogP contribution in [0.3, 0.4) is 0 Å². The van der Waals surface area contributed by atoms with Crippen molar-refractivity contribution in [2.45, 2.75) is 12.5 Å². The van der Waals surface area contributed by atoms with E-state index in [2.05, 4.69) is 5.32 Å². The highest BCUT2D eigenvalue weighted by Crippen LogP contribution is 2.26. The Morgan fingerprint density at radius 2 is 2.46 bits per heavy atom. The molecule has 0 unspecified atom stereocenters. The Bertz CT molecular complexity index is 289. The van der Waals surface area contributed by atoms with E-state index in [0.29, 0.717) is 12.5 Å². The molecule has 1 aromatic heterocycles. The van der Waals surface area contributed by atoms with Crippen molar-refractivity contribution in [3.8, 4) is 0 Å². The van der Waals surface area contributed by atoms with Gasteiger partial charge in [-0.1, -0.05) is 11.6 Å². The van der Waals surface area contributed by atoms with Gasteiger partial charge in [-0.15, -0.1) is 11.3 Å². The van der Waals surface area contributed by atoms with Crippen LogP contribution in [0, 0.1) is 5.92 Å². The molecule has 0 aromatic carbocycles. The molecule has 13 heavy (non-hydrogen) atoms. The fourth-order valence-corrected chi connectivity index (χ4v) is 2.84. The number of rotatable bonds is 2. The molecule has 1 aliphatic rings. The predicted octanol–water partition coefficient (Wildman–Crippen LogP) is 1.52. The lowest BCUT2D eigenvalue weighted by Gasteiger charge is -2.11. The van der Waals surface area contributed by atoms with Crippen LogP contribution in [0.1, 0.15) is 4.88 Å². The monoisotopic (exact) mass is 217 g/mol. The van der Waals surface area contributed by atoms with Crippen LogP contribution in [-0.4, -0.2) is 24.3 Å². The maximum atomic E-state index is 9.58. The molecular formula is C9H12ClNOS. The third-order valence-corrected chi connectivity index (χ3v) is 3.85. The van der Waals surface area contributed by atoms with E-state index in [1.165, 1.54) is 4.88 Å². The molecule has 0 radical (unpaired) electrons. The van der Waals surface area contributed by atoms with Gasteiger partial charge in [0.1, 0.15) is 0 Å². The Morgan fingerprint density at radius 1 is 1.62 bits per heavy atom. The van der Waals surface area contributed by atoms with E-state index in [-0.39, 0.29) is 6.10 Å². The molecule has 0 amide bonds. The second kappa shape index (κ2) is 3.96. The van der Waals surface area contributed by atoms with Gasteiger partial charge < -0.3 is 10.4 Å². The smallest absolute Gasteiger partial charge is 0.0708 e. The summed E-state index contributed by atoms with van der Waals surface area (Å²) in [4.78, 5) is 1.19. The zero-order valence-electron chi connectivity index (χ0n) is 7.16. The van der Waals surface area contributed by atoms with E-state index in [0.717, 1.165) is 18.0 Å². The summed E-state index contributed by atoms with van der Waals surface area (Å²) in [5.41, 5.74) is 0. The number of aliphatic hydroxyl groups is 1. The zero-order valence-corrected chi connectivity index (χ0v) is 8.74. The van der Waals surface area contributed by atoms with Gasteiger partial charge >= 0.3 is 0 Å². The molecule has 1 saturated heterocycles. The molecule has 1 aliphatic heterocycles. The standard InChI is InChI=1S/C9H12ClNOS/c10-7-1-2-13-9(7)3-6-4-11-5-8(6)12/h1-2,6,8,11-12H,3-5H2/t6-,8-/m1/s1. The van der Waals surface area contributed by atoms with Gasteiger partial charge in [-0.25, -0.2) is 0 Å². The molecule has 0 saturated carbocycles. The van der Waals surface area contributed by atoms with Gasteiger partial charge in [0.2, 0.25) is 0 Å².